The fourth-order valence-corrected chi connectivity index (χ4v) is 2.35. The van der Waals surface area contributed by atoms with Gasteiger partial charge in [-0.15, -0.1) is 0 Å². The minimum absolute atomic E-state index is 0.261. The van der Waals surface area contributed by atoms with Crippen LogP contribution in [0.2, 0.25) is 0 Å². The summed E-state index contributed by atoms with van der Waals surface area (Å²) in [6, 6.07) is 3.09. The quantitative estimate of drug-likeness (QED) is 0.547. The molecule has 1 atom stereocenters. The summed E-state index contributed by atoms with van der Waals surface area (Å²) in [4.78, 5) is 11.6. The Morgan fingerprint density at radius 2 is 1.46 bits per heavy atom. The number of benzene rings is 1. The Morgan fingerprint density at radius 1 is 1.00 bits per heavy atom. The Morgan fingerprint density at radius 3 is 1.75 bits per heavy atom. The smallest absolute Gasteiger partial charge is 0.303 e. The first-order valence-corrected chi connectivity index (χ1v) is 7.22. The number of hydrogen-bond donors (Lipinski definition) is 3. The Hall–Kier alpha value is -2.03. The molecule has 8 nitrogen and oxygen atoms in total. The molecule has 24 heavy (non-hydrogen) atoms. The van der Waals surface area contributed by atoms with E-state index in [9.17, 15) is 20.1 Å². The van der Waals surface area contributed by atoms with Crippen molar-refractivity contribution in [2.24, 2.45) is 5.41 Å². The van der Waals surface area contributed by atoms with Crippen LogP contribution in [0.4, 0.5) is 0 Å². The third-order valence-electron chi connectivity index (χ3n) is 3.80. The lowest BCUT2D eigenvalue weighted by Crippen LogP contribution is -2.42. The number of ether oxygens (including phenoxy) is 4. The van der Waals surface area contributed by atoms with Crippen LogP contribution in [0.3, 0.4) is 0 Å². The molecule has 136 valence electrons. The van der Waals surface area contributed by atoms with Gasteiger partial charge < -0.3 is 34.3 Å². The predicted octanol–water partition coefficient (Wildman–Crippen LogP) is 0.280. The van der Waals surface area contributed by atoms with Gasteiger partial charge in [0.25, 0.3) is 0 Å². The second kappa shape index (κ2) is 8.72. The molecule has 0 aliphatic rings. The van der Waals surface area contributed by atoms with Crippen LogP contribution in [-0.4, -0.2) is 62.4 Å². The van der Waals surface area contributed by atoms with E-state index in [1.165, 1.54) is 28.3 Å². The molecule has 0 fully saturated rings. The van der Waals surface area contributed by atoms with E-state index < -0.39 is 37.3 Å². The first-order valence-electron chi connectivity index (χ1n) is 7.22. The lowest BCUT2D eigenvalue weighted by Gasteiger charge is -2.36. The Kier molecular flexibility index (Phi) is 7.27. The molecule has 1 unspecified atom stereocenters. The van der Waals surface area contributed by atoms with Crippen LogP contribution in [0.25, 0.3) is 0 Å². The molecular weight excluding hydrogens is 320 g/mol. The summed E-state index contributed by atoms with van der Waals surface area (Å²) in [5, 5.41) is 29.2. The van der Waals surface area contributed by atoms with E-state index >= 15 is 0 Å². The second-order valence-corrected chi connectivity index (χ2v) is 5.27. The number of aliphatic hydroxyl groups excluding tert-OH is 3. The molecule has 0 aliphatic carbocycles. The number of carbonyl (C=O) groups is 1. The van der Waals surface area contributed by atoms with Gasteiger partial charge in [-0.3, -0.25) is 4.79 Å². The van der Waals surface area contributed by atoms with Crippen LogP contribution >= 0.6 is 0 Å². The molecule has 8 heteroatoms. The van der Waals surface area contributed by atoms with Gasteiger partial charge in [-0.05, 0) is 0 Å². The van der Waals surface area contributed by atoms with Crippen molar-refractivity contribution in [2.75, 3.05) is 41.2 Å². The highest BCUT2D eigenvalue weighted by Gasteiger charge is 2.44. The van der Waals surface area contributed by atoms with Crippen LogP contribution in [-0.2, 0) is 9.53 Å². The van der Waals surface area contributed by atoms with Crippen LogP contribution in [0.1, 0.15) is 18.6 Å². The molecule has 1 aromatic carbocycles. The number of aliphatic hydroxyl groups is 3. The molecule has 0 saturated carbocycles. The third kappa shape index (κ3) is 3.89. The van der Waals surface area contributed by atoms with Crippen LogP contribution in [0.15, 0.2) is 12.1 Å². The van der Waals surface area contributed by atoms with Gasteiger partial charge in [0.2, 0.25) is 0 Å². The molecule has 3 N–H and O–H groups in total. The molecule has 1 aromatic rings. The van der Waals surface area contributed by atoms with E-state index in [4.69, 9.17) is 18.9 Å². The zero-order valence-corrected chi connectivity index (χ0v) is 14.2. The minimum Gasteiger partial charge on any atom is -0.496 e. The number of methoxy groups -OCH3 is 3. The van der Waals surface area contributed by atoms with Crippen molar-refractivity contribution in [3.05, 3.63) is 17.7 Å². The lowest BCUT2D eigenvalue weighted by atomic mass is 9.80. The maximum Gasteiger partial charge on any atom is 0.303 e. The summed E-state index contributed by atoms with van der Waals surface area (Å²) < 4.78 is 21.1. The summed E-state index contributed by atoms with van der Waals surface area (Å²) in [6.45, 7) is -0.699. The molecule has 0 bridgehead atoms. The minimum atomic E-state index is -1.53. The molecule has 0 radical (unpaired) electrons. The monoisotopic (exact) mass is 344 g/mol. The topological polar surface area (TPSA) is 115 Å². The van der Waals surface area contributed by atoms with Crippen molar-refractivity contribution in [3.63, 3.8) is 0 Å². The van der Waals surface area contributed by atoms with Crippen molar-refractivity contribution in [2.45, 2.75) is 13.0 Å². The van der Waals surface area contributed by atoms with Gasteiger partial charge in [0.1, 0.15) is 23.4 Å². The highest BCUT2D eigenvalue weighted by Crippen LogP contribution is 2.47. The zero-order valence-electron chi connectivity index (χ0n) is 14.2. The summed E-state index contributed by atoms with van der Waals surface area (Å²) in [5.41, 5.74) is -1.26. The van der Waals surface area contributed by atoms with Crippen molar-refractivity contribution in [3.8, 4) is 17.2 Å². The number of rotatable bonds is 9. The van der Waals surface area contributed by atoms with E-state index in [0.717, 1.165) is 0 Å². The highest BCUT2D eigenvalue weighted by molar-refractivity contribution is 5.67. The largest absolute Gasteiger partial charge is 0.496 e. The van der Waals surface area contributed by atoms with Gasteiger partial charge in [-0.1, -0.05) is 0 Å². The van der Waals surface area contributed by atoms with Crippen molar-refractivity contribution >= 4 is 5.97 Å². The van der Waals surface area contributed by atoms with Crippen molar-refractivity contribution in [1.29, 1.82) is 0 Å². The molecule has 0 amide bonds. The van der Waals surface area contributed by atoms with E-state index in [2.05, 4.69) is 0 Å². The van der Waals surface area contributed by atoms with Crippen LogP contribution < -0.4 is 14.2 Å². The molecule has 0 aromatic heterocycles. The van der Waals surface area contributed by atoms with E-state index in [-0.39, 0.29) is 17.1 Å². The maximum atomic E-state index is 11.6. The normalized spacial score (nSPS) is 12.5. The maximum absolute atomic E-state index is 11.6. The summed E-state index contributed by atoms with van der Waals surface area (Å²) in [5.74, 6) is 0.311. The highest BCUT2D eigenvalue weighted by atomic mass is 16.6. The average molecular weight is 344 g/mol. The van der Waals surface area contributed by atoms with Gasteiger partial charge in [-0.25, -0.2) is 0 Å². The van der Waals surface area contributed by atoms with Crippen LogP contribution in [0, 0.1) is 5.41 Å². The zero-order chi connectivity index (χ0) is 18.3. The third-order valence-corrected chi connectivity index (χ3v) is 3.80. The standard InChI is InChI=1S/C16H24O8/c1-10(20)24-15(16(7-17,8-18)9-19)14-12(22-3)5-11(21-2)6-13(14)23-4/h5-6,15,17-19H,7-9H2,1-4H3. The molecule has 0 spiro atoms. The SMILES string of the molecule is COc1cc(OC)c(C(OC(C)=O)C(CO)(CO)CO)c(OC)c1. The number of carbonyl (C=O) groups excluding carboxylic acids is 1. The van der Waals surface area contributed by atoms with E-state index in [0.29, 0.717) is 5.75 Å². The first-order chi connectivity index (χ1) is 11.4. The fourth-order valence-electron chi connectivity index (χ4n) is 2.35. The fraction of sp³-hybridized carbons (Fsp3) is 0.562. The first kappa shape index (κ1) is 20.0. The number of hydrogen-bond acceptors (Lipinski definition) is 8. The Bertz CT molecular complexity index is 520. The van der Waals surface area contributed by atoms with Gasteiger partial charge in [0.15, 0.2) is 0 Å². The van der Waals surface area contributed by atoms with E-state index in [1.54, 1.807) is 12.1 Å². The van der Waals surface area contributed by atoms with Gasteiger partial charge in [-0.2, -0.15) is 0 Å². The summed E-state index contributed by atoms with van der Waals surface area (Å²) >= 11 is 0. The molecular formula is C16H24O8. The predicted molar refractivity (Wildman–Crippen MR) is 84.3 cm³/mol. The van der Waals surface area contributed by atoms with Gasteiger partial charge in [0.05, 0.1) is 52.1 Å². The molecule has 0 heterocycles. The Labute approximate surface area is 140 Å². The van der Waals surface area contributed by atoms with Crippen molar-refractivity contribution in [1.82, 2.24) is 0 Å². The second-order valence-electron chi connectivity index (χ2n) is 5.27. The molecule has 0 saturated heterocycles. The van der Waals surface area contributed by atoms with Gasteiger partial charge in [0, 0.05) is 19.1 Å². The van der Waals surface area contributed by atoms with E-state index in [1.807, 2.05) is 0 Å². The van der Waals surface area contributed by atoms with Crippen molar-refractivity contribution < 1.29 is 39.1 Å². The Balaban J connectivity index is 3.66. The lowest BCUT2D eigenvalue weighted by molar-refractivity contribution is -0.164. The number of esters is 1. The summed E-state index contributed by atoms with van der Waals surface area (Å²) in [6.07, 6.45) is -1.20. The van der Waals surface area contributed by atoms with Crippen LogP contribution in [0.5, 0.6) is 17.2 Å². The molecule has 0 aliphatic heterocycles. The van der Waals surface area contributed by atoms with Gasteiger partial charge >= 0.3 is 5.97 Å². The average Bonchev–Trinajstić information content (AvgIpc) is 2.61. The molecule has 1 rings (SSSR count). The summed E-state index contributed by atoms with van der Waals surface area (Å²) in [7, 11) is 4.28.